The summed E-state index contributed by atoms with van der Waals surface area (Å²) >= 11 is 0. The van der Waals surface area contributed by atoms with Crippen molar-refractivity contribution in [3.8, 4) is 50.8 Å². The number of hydrogen-bond acceptors (Lipinski definition) is 1. The molecule has 64 heavy (non-hydrogen) atoms. The number of halogens is 6. The monoisotopic (exact) mass is 853 g/mol. The van der Waals surface area contributed by atoms with Gasteiger partial charge < -0.3 is 9.13 Å². The molecule has 3 nitrogen and oxygen atoms in total. The van der Waals surface area contributed by atoms with E-state index >= 15 is 0 Å². The van der Waals surface area contributed by atoms with Crippen LogP contribution >= 0.6 is 0 Å². The Morgan fingerprint density at radius 3 is 1.25 bits per heavy atom. The Labute approximate surface area is 364 Å². The van der Waals surface area contributed by atoms with Gasteiger partial charge in [0.05, 0.1) is 50.1 Å². The molecule has 314 valence electrons. The molecule has 10 rings (SSSR count). The van der Waals surface area contributed by atoms with E-state index in [-0.39, 0.29) is 28.4 Å². The normalized spacial score (nSPS) is 12.2. The van der Waals surface area contributed by atoms with Crippen molar-refractivity contribution in [2.75, 3.05) is 0 Å². The van der Waals surface area contributed by atoms with Crippen molar-refractivity contribution in [1.29, 1.82) is 5.26 Å². The number of aromatic nitrogens is 2. The molecule has 0 bridgehead atoms. The first-order chi connectivity index (χ1) is 30.5. The number of hydrogen-bond donors (Lipinski definition) is 0. The number of fused-ring (bicyclic) bond motifs is 6. The molecule has 0 radical (unpaired) electrons. The van der Waals surface area contributed by atoms with Gasteiger partial charge in [-0.2, -0.15) is 31.6 Å². The van der Waals surface area contributed by atoms with Crippen molar-refractivity contribution in [2.45, 2.75) is 40.0 Å². The fourth-order valence-corrected chi connectivity index (χ4v) is 9.48. The molecule has 9 heteroatoms. The van der Waals surface area contributed by atoms with Crippen molar-refractivity contribution in [2.24, 2.45) is 0 Å². The lowest BCUT2D eigenvalue weighted by Gasteiger charge is -2.20. The van der Waals surface area contributed by atoms with E-state index in [4.69, 9.17) is 0 Å². The van der Waals surface area contributed by atoms with Crippen molar-refractivity contribution in [1.82, 2.24) is 9.13 Å². The number of para-hydroxylation sites is 2. The van der Waals surface area contributed by atoms with E-state index in [1.807, 2.05) is 110 Å². The molecule has 10 aromatic rings. The molecule has 0 aliphatic heterocycles. The summed E-state index contributed by atoms with van der Waals surface area (Å²) in [6.07, 6.45) is -10.2. The number of benzene rings is 8. The minimum absolute atomic E-state index is 0.0735. The molecule has 0 fully saturated rings. The number of rotatable bonds is 5. The third-order valence-corrected chi connectivity index (χ3v) is 12.1. The molecular formula is C55H37F6N3. The van der Waals surface area contributed by atoms with Crippen molar-refractivity contribution < 1.29 is 26.3 Å². The molecule has 8 aromatic carbocycles. The molecule has 0 saturated carbocycles. The highest BCUT2D eigenvalue weighted by molar-refractivity contribution is 6.12. The maximum Gasteiger partial charge on any atom is 0.416 e. The summed E-state index contributed by atoms with van der Waals surface area (Å²) in [6, 6.07) is 46.9. The molecular weight excluding hydrogens is 817 g/mol. The smallest absolute Gasteiger partial charge is 0.309 e. The minimum atomic E-state index is -5.09. The summed E-state index contributed by atoms with van der Waals surface area (Å²) in [5.41, 5.74) is 8.68. The Hall–Kier alpha value is -7.57. The second-order valence-corrected chi connectivity index (χ2v) is 16.7. The van der Waals surface area contributed by atoms with Crippen LogP contribution < -0.4 is 0 Å². The second-order valence-electron chi connectivity index (χ2n) is 16.7. The summed E-state index contributed by atoms with van der Waals surface area (Å²) in [6.45, 7) is 8.13. The van der Waals surface area contributed by atoms with Gasteiger partial charge in [-0.05, 0) is 122 Å². The molecule has 0 amide bonds. The van der Waals surface area contributed by atoms with E-state index in [1.165, 1.54) is 0 Å². The van der Waals surface area contributed by atoms with Gasteiger partial charge in [0.15, 0.2) is 0 Å². The highest BCUT2D eigenvalue weighted by atomic mass is 19.4. The molecule has 0 saturated heterocycles. The number of nitrogens with zero attached hydrogens (tertiary/aromatic N) is 3. The summed E-state index contributed by atoms with van der Waals surface area (Å²) < 4.78 is 91.4. The van der Waals surface area contributed by atoms with E-state index in [9.17, 15) is 31.6 Å². The fraction of sp³-hybridized carbons (Fsp3) is 0.109. The van der Waals surface area contributed by atoms with Crippen LogP contribution in [-0.2, 0) is 12.4 Å². The highest BCUT2D eigenvalue weighted by Crippen LogP contribution is 2.45. The Balaban J connectivity index is 1.30. The molecule has 2 aromatic heterocycles. The molecule has 0 unspecified atom stereocenters. The Kier molecular flexibility index (Phi) is 9.35. The first kappa shape index (κ1) is 40.5. The minimum Gasteiger partial charge on any atom is -0.309 e. The lowest BCUT2D eigenvalue weighted by atomic mass is 9.95. The third kappa shape index (κ3) is 6.87. The van der Waals surface area contributed by atoms with E-state index in [0.29, 0.717) is 27.8 Å². The molecule has 0 aliphatic rings. The quantitative estimate of drug-likeness (QED) is 0.159. The van der Waals surface area contributed by atoms with Gasteiger partial charge in [0, 0.05) is 27.1 Å². The summed E-state index contributed by atoms with van der Waals surface area (Å²) in [7, 11) is 0. The summed E-state index contributed by atoms with van der Waals surface area (Å²) in [5.74, 6) is 0. The average molecular weight is 854 g/mol. The van der Waals surface area contributed by atoms with Gasteiger partial charge in [-0.1, -0.05) is 107 Å². The van der Waals surface area contributed by atoms with Crippen LogP contribution in [0.1, 0.15) is 38.9 Å². The zero-order valence-corrected chi connectivity index (χ0v) is 35.0. The Morgan fingerprint density at radius 1 is 0.391 bits per heavy atom. The van der Waals surface area contributed by atoms with Gasteiger partial charge in [-0.3, -0.25) is 0 Å². The lowest BCUT2D eigenvalue weighted by molar-refractivity contribution is -0.143. The van der Waals surface area contributed by atoms with E-state index in [2.05, 4.69) is 54.6 Å². The Bertz CT molecular complexity index is 3520. The molecule has 0 spiro atoms. The third-order valence-electron chi connectivity index (χ3n) is 12.1. The van der Waals surface area contributed by atoms with E-state index in [1.54, 1.807) is 12.1 Å². The largest absolute Gasteiger partial charge is 0.416 e. The predicted molar refractivity (Wildman–Crippen MR) is 245 cm³/mol. The second kappa shape index (κ2) is 14.8. The van der Waals surface area contributed by atoms with Crippen LogP contribution in [0.15, 0.2) is 152 Å². The first-order valence-corrected chi connectivity index (χ1v) is 20.7. The highest BCUT2D eigenvalue weighted by Gasteiger charge is 2.37. The van der Waals surface area contributed by atoms with Gasteiger partial charge in [-0.15, -0.1) is 0 Å². The lowest BCUT2D eigenvalue weighted by Crippen LogP contribution is -2.11. The fourth-order valence-electron chi connectivity index (χ4n) is 9.48. The number of aryl methyl sites for hydroxylation is 4. The van der Waals surface area contributed by atoms with Crippen molar-refractivity contribution in [3.63, 3.8) is 0 Å². The predicted octanol–water partition coefficient (Wildman–Crippen LogP) is 16.0. The standard InChI is InChI=1S/C55H37F6N3/c1-31-17-32(2)20-37(19-31)35-13-15-50-46(25-35)43-9-5-7-11-48(43)63(50)52-29-45(39-23-41(54(56,57)58)28-42(24-39)55(59,60)61)53(27-40(52)30-62)64-49-12-8-6-10-44(49)47-26-36(14-16-51(47)64)38-21-33(3)18-34(4)22-38/h5-29H,1-4H3. The first-order valence-electron chi connectivity index (χ1n) is 20.7. The number of alkyl halides is 6. The SMILES string of the molecule is Cc1cc(C)cc(-c2ccc3c(c2)c2ccccc2n3-c2cc(-c3cc(C(F)(F)F)cc(C(F)(F)F)c3)c(-n3c4ccccc4c4cc(-c5cc(C)cc(C)c5)ccc43)cc2C#N)c1. The van der Waals surface area contributed by atoms with E-state index in [0.717, 1.165) is 78.2 Å². The van der Waals surface area contributed by atoms with Crippen molar-refractivity contribution >= 4 is 43.6 Å². The van der Waals surface area contributed by atoms with Crippen molar-refractivity contribution in [3.05, 3.63) is 191 Å². The molecule has 0 atom stereocenters. The van der Waals surface area contributed by atoms with E-state index < -0.39 is 23.5 Å². The number of nitriles is 1. The Morgan fingerprint density at radius 2 is 0.812 bits per heavy atom. The van der Waals surface area contributed by atoms with Crippen LogP contribution in [0.2, 0.25) is 0 Å². The molecule has 0 aliphatic carbocycles. The zero-order valence-electron chi connectivity index (χ0n) is 35.0. The van der Waals surface area contributed by atoms with Crippen LogP contribution in [0.3, 0.4) is 0 Å². The van der Waals surface area contributed by atoms with Gasteiger partial charge in [0.2, 0.25) is 0 Å². The van der Waals surface area contributed by atoms with Gasteiger partial charge in [-0.25, -0.2) is 0 Å². The molecule has 0 N–H and O–H groups in total. The maximum absolute atomic E-state index is 14.6. The maximum atomic E-state index is 14.6. The zero-order chi connectivity index (χ0) is 44.8. The van der Waals surface area contributed by atoms with Crippen LogP contribution in [0, 0.1) is 39.0 Å². The topological polar surface area (TPSA) is 33.6 Å². The van der Waals surface area contributed by atoms with Crippen LogP contribution in [0.25, 0.3) is 88.4 Å². The average Bonchev–Trinajstić information content (AvgIpc) is 3.76. The summed E-state index contributed by atoms with van der Waals surface area (Å²) in [5, 5.41) is 14.4. The van der Waals surface area contributed by atoms with Crippen LogP contribution in [-0.4, -0.2) is 9.13 Å². The van der Waals surface area contributed by atoms with Crippen LogP contribution in [0.5, 0.6) is 0 Å². The van der Waals surface area contributed by atoms with Gasteiger partial charge in [0.25, 0.3) is 0 Å². The molecule has 2 heterocycles. The van der Waals surface area contributed by atoms with Gasteiger partial charge in [0.1, 0.15) is 6.07 Å². The van der Waals surface area contributed by atoms with Gasteiger partial charge >= 0.3 is 12.4 Å². The summed E-state index contributed by atoms with van der Waals surface area (Å²) in [4.78, 5) is 0. The van der Waals surface area contributed by atoms with Crippen LogP contribution in [0.4, 0.5) is 26.3 Å².